The summed E-state index contributed by atoms with van der Waals surface area (Å²) in [5.74, 6) is -1.81. The van der Waals surface area contributed by atoms with Gasteiger partial charge in [-0.3, -0.25) is 4.79 Å². The molecule has 0 spiro atoms. The normalized spacial score (nSPS) is 10.4. The second-order valence-corrected chi connectivity index (χ2v) is 5.99. The van der Waals surface area contributed by atoms with Crippen molar-refractivity contribution in [1.29, 1.82) is 0 Å². The lowest BCUT2D eigenvalue weighted by Crippen LogP contribution is -2.23. The van der Waals surface area contributed by atoms with E-state index in [0.717, 1.165) is 12.1 Å². The maximum Gasteiger partial charge on any atom is 0.243 e. The van der Waals surface area contributed by atoms with Crippen LogP contribution in [0.2, 0.25) is 5.02 Å². The highest BCUT2D eigenvalue weighted by atomic mass is 79.9. The number of benzene rings is 2. The molecule has 0 fully saturated rings. The van der Waals surface area contributed by atoms with Crippen LogP contribution in [0, 0.1) is 11.6 Å². The number of halogens is 4. The minimum Gasteiger partial charge on any atom is -0.491 e. The maximum absolute atomic E-state index is 13.5. The molecule has 2 aromatic rings. The molecule has 24 heavy (non-hydrogen) atoms. The van der Waals surface area contributed by atoms with Crippen molar-refractivity contribution in [3.63, 3.8) is 0 Å². The molecule has 1 amide bonds. The zero-order valence-corrected chi connectivity index (χ0v) is 15.0. The number of rotatable bonds is 6. The van der Waals surface area contributed by atoms with E-state index in [1.165, 1.54) is 6.07 Å². The van der Waals surface area contributed by atoms with Crippen molar-refractivity contribution in [2.75, 3.05) is 23.8 Å². The second-order valence-electron chi connectivity index (χ2n) is 4.70. The molecule has 0 aliphatic rings. The first-order valence-electron chi connectivity index (χ1n) is 7.02. The predicted molar refractivity (Wildman–Crippen MR) is 93.8 cm³/mol. The van der Waals surface area contributed by atoms with Gasteiger partial charge in [0.1, 0.15) is 17.3 Å². The zero-order chi connectivity index (χ0) is 17.7. The average molecular weight is 420 g/mol. The monoisotopic (exact) mass is 418 g/mol. The molecule has 0 saturated heterocycles. The Balaban J connectivity index is 2.09. The molecule has 2 N–H and O–H groups in total. The van der Waals surface area contributed by atoms with Crippen molar-refractivity contribution < 1.29 is 18.3 Å². The summed E-state index contributed by atoms with van der Waals surface area (Å²) in [5, 5.41) is 5.47. The predicted octanol–water partition coefficient (Wildman–Crippen LogP) is 4.83. The third-order valence-corrected chi connectivity index (χ3v) is 3.77. The van der Waals surface area contributed by atoms with Crippen molar-refractivity contribution in [3.8, 4) is 5.75 Å². The minimum atomic E-state index is -0.844. The molecule has 128 valence electrons. The molecule has 0 unspecified atom stereocenters. The molecule has 0 aliphatic carbocycles. The van der Waals surface area contributed by atoms with Gasteiger partial charge in [0.2, 0.25) is 5.91 Å². The van der Waals surface area contributed by atoms with Crippen molar-refractivity contribution >= 4 is 44.8 Å². The summed E-state index contributed by atoms with van der Waals surface area (Å²) in [4.78, 5) is 11.9. The Bertz CT molecular complexity index is 739. The van der Waals surface area contributed by atoms with Crippen LogP contribution in [0.4, 0.5) is 20.2 Å². The molecule has 0 atom stereocenters. The van der Waals surface area contributed by atoms with Gasteiger partial charge in [0.25, 0.3) is 0 Å². The lowest BCUT2D eigenvalue weighted by atomic mass is 10.2. The van der Waals surface area contributed by atoms with Gasteiger partial charge in [-0.15, -0.1) is 0 Å². The molecule has 0 heterocycles. The molecule has 0 bridgehead atoms. The number of carbonyl (C=O) groups excluding carboxylic acids is 1. The maximum atomic E-state index is 13.5. The van der Waals surface area contributed by atoms with Crippen molar-refractivity contribution in [2.24, 2.45) is 0 Å². The van der Waals surface area contributed by atoms with E-state index in [1.54, 1.807) is 12.1 Å². The lowest BCUT2D eigenvalue weighted by molar-refractivity contribution is -0.114. The van der Waals surface area contributed by atoms with Crippen LogP contribution in [0.15, 0.2) is 34.8 Å². The quantitative estimate of drug-likeness (QED) is 0.705. The highest BCUT2D eigenvalue weighted by Gasteiger charge is 2.14. The number of nitrogens with one attached hydrogen (secondary N) is 2. The molecule has 2 rings (SSSR count). The van der Waals surface area contributed by atoms with Crippen LogP contribution in [-0.2, 0) is 4.79 Å². The zero-order valence-electron chi connectivity index (χ0n) is 12.6. The van der Waals surface area contributed by atoms with E-state index in [0.29, 0.717) is 27.5 Å². The number of para-hydroxylation sites is 1. The molecule has 4 nitrogen and oxygen atoms in total. The van der Waals surface area contributed by atoms with E-state index in [-0.39, 0.29) is 6.54 Å². The third kappa shape index (κ3) is 4.58. The Hall–Kier alpha value is -1.86. The van der Waals surface area contributed by atoms with Crippen molar-refractivity contribution in [3.05, 3.63) is 51.5 Å². The van der Waals surface area contributed by atoms with Gasteiger partial charge in [-0.1, -0.05) is 17.7 Å². The Morgan fingerprint density at radius 2 is 1.96 bits per heavy atom. The largest absolute Gasteiger partial charge is 0.491 e. The van der Waals surface area contributed by atoms with Gasteiger partial charge in [0, 0.05) is 5.02 Å². The fourth-order valence-corrected chi connectivity index (χ4v) is 2.88. The van der Waals surface area contributed by atoms with E-state index >= 15 is 0 Å². The van der Waals surface area contributed by atoms with E-state index in [9.17, 15) is 13.6 Å². The standard InChI is InChI=1S/C16H14BrClF2N2O2/c1-2-24-16-10(17)6-9(18)7-13(16)21-8-14(23)22-15-11(19)4-3-5-12(15)20/h3-7,21H,2,8H2,1H3,(H,22,23). The Morgan fingerprint density at radius 1 is 1.29 bits per heavy atom. The summed E-state index contributed by atoms with van der Waals surface area (Å²) in [6, 6.07) is 6.60. The van der Waals surface area contributed by atoms with Crippen LogP contribution in [0.25, 0.3) is 0 Å². The van der Waals surface area contributed by atoms with Crippen molar-refractivity contribution in [1.82, 2.24) is 0 Å². The molecule has 2 aromatic carbocycles. The topological polar surface area (TPSA) is 50.4 Å². The first-order chi connectivity index (χ1) is 11.4. The summed E-state index contributed by atoms with van der Waals surface area (Å²) in [5.41, 5.74) is 0.00184. The number of anilines is 2. The van der Waals surface area contributed by atoms with Crippen LogP contribution in [0.1, 0.15) is 6.92 Å². The highest BCUT2D eigenvalue weighted by Crippen LogP contribution is 2.36. The number of ether oxygens (including phenoxy) is 1. The summed E-state index contributed by atoms with van der Waals surface area (Å²) in [7, 11) is 0. The molecular formula is C16H14BrClF2N2O2. The Kier molecular flexibility index (Phi) is 6.39. The summed E-state index contributed by atoms with van der Waals surface area (Å²) >= 11 is 9.31. The van der Waals surface area contributed by atoms with E-state index < -0.39 is 23.2 Å². The van der Waals surface area contributed by atoms with E-state index in [2.05, 4.69) is 26.6 Å². The fraction of sp³-hybridized carbons (Fsp3) is 0.188. The van der Waals surface area contributed by atoms with Crippen LogP contribution in [-0.4, -0.2) is 19.1 Å². The molecule has 0 aliphatic heterocycles. The molecule has 0 aromatic heterocycles. The number of hydrogen-bond donors (Lipinski definition) is 2. The summed E-state index contributed by atoms with van der Waals surface area (Å²) in [6.45, 7) is 2.01. The first-order valence-corrected chi connectivity index (χ1v) is 8.19. The average Bonchev–Trinajstić information content (AvgIpc) is 2.52. The van der Waals surface area contributed by atoms with E-state index in [1.807, 2.05) is 6.92 Å². The lowest BCUT2D eigenvalue weighted by Gasteiger charge is -2.15. The van der Waals surface area contributed by atoms with Gasteiger partial charge in [0.05, 0.1) is 23.3 Å². The van der Waals surface area contributed by atoms with Gasteiger partial charge in [-0.05, 0) is 47.1 Å². The van der Waals surface area contributed by atoms with Gasteiger partial charge in [-0.25, -0.2) is 8.78 Å². The molecular weight excluding hydrogens is 406 g/mol. The van der Waals surface area contributed by atoms with Gasteiger partial charge in [0.15, 0.2) is 5.75 Å². The van der Waals surface area contributed by atoms with Crippen LogP contribution >= 0.6 is 27.5 Å². The van der Waals surface area contributed by atoms with Crippen molar-refractivity contribution in [2.45, 2.75) is 6.92 Å². The second kappa shape index (κ2) is 8.30. The summed E-state index contributed by atoms with van der Waals surface area (Å²) in [6.07, 6.45) is 0. The SMILES string of the molecule is CCOc1c(Br)cc(Cl)cc1NCC(=O)Nc1c(F)cccc1F. The van der Waals surface area contributed by atoms with Crippen LogP contribution in [0.5, 0.6) is 5.75 Å². The molecule has 0 saturated carbocycles. The van der Waals surface area contributed by atoms with E-state index in [4.69, 9.17) is 16.3 Å². The third-order valence-electron chi connectivity index (χ3n) is 2.96. The summed E-state index contributed by atoms with van der Waals surface area (Å²) < 4.78 is 33.2. The van der Waals surface area contributed by atoms with Crippen LogP contribution in [0.3, 0.4) is 0 Å². The first kappa shape index (κ1) is 18.5. The molecule has 8 heteroatoms. The van der Waals surface area contributed by atoms with Gasteiger partial charge >= 0.3 is 0 Å². The Morgan fingerprint density at radius 3 is 2.58 bits per heavy atom. The van der Waals surface area contributed by atoms with Crippen LogP contribution < -0.4 is 15.4 Å². The minimum absolute atomic E-state index is 0.222. The van der Waals surface area contributed by atoms with Gasteiger partial charge in [-0.2, -0.15) is 0 Å². The van der Waals surface area contributed by atoms with Gasteiger partial charge < -0.3 is 15.4 Å². The number of carbonyl (C=O) groups is 1. The number of hydrogen-bond acceptors (Lipinski definition) is 3. The fourth-order valence-electron chi connectivity index (χ4n) is 1.96. The molecule has 0 radical (unpaired) electrons. The number of amides is 1. The Labute approximate surface area is 151 Å². The highest BCUT2D eigenvalue weighted by molar-refractivity contribution is 9.10. The smallest absolute Gasteiger partial charge is 0.243 e.